The van der Waals surface area contributed by atoms with Gasteiger partial charge in [0.15, 0.2) is 0 Å². The highest BCUT2D eigenvalue weighted by Crippen LogP contribution is 2.11. The van der Waals surface area contributed by atoms with Crippen molar-refractivity contribution in [1.82, 2.24) is 15.0 Å². The molecule has 2 aromatic heterocycles. The lowest BCUT2D eigenvalue weighted by molar-refractivity contribution is 0.954. The molecule has 0 atom stereocenters. The van der Waals surface area contributed by atoms with Crippen LogP contribution in [0.2, 0.25) is 0 Å². The average molecular weight is 206 g/mol. The summed E-state index contributed by atoms with van der Waals surface area (Å²) in [7, 11) is 0. The summed E-state index contributed by atoms with van der Waals surface area (Å²) in [5.41, 5.74) is 7.12. The molecule has 2 aromatic rings. The maximum absolute atomic E-state index is 5.49. The standard InChI is InChI=1S/C9H10N4S/c1-6-5-14-9(13-6)2-8-11-3-7(10)4-12-8/h3-5H,2,10H2,1H3. The Kier molecular flexibility index (Phi) is 2.41. The topological polar surface area (TPSA) is 64.7 Å². The highest BCUT2D eigenvalue weighted by Gasteiger charge is 2.02. The van der Waals surface area contributed by atoms with Crippen LogP contribution in [0.15, 0.2) is 17.8 Å². The summed E-state index contributed by atoms with van der Waals surface area (Å²) < 4.78 is 0. The van der Waals surface area contributed by atoms with Gasteiger partial charge in [-0.1, -0.05) is 0 Å². The van der Waals surface area contributed by atoms with Gasteiger partial charge in [0, 0.05) is 11.1 Å². The highest BCUT2D eigenvalue weighted by atomic mass is 32.1. The third kappa shape index (κ3) is 2.05. The molecular weight excluding hydrogens is 196 g/mol. The molecule has 5 heteroatoms. The summed E-state index contributed by atoms with van der Waals surface area (Å²) in [4.78, 5) is 12.6. The normalized spacial score (nSPS) is 10.4. The summed E-state index contributed by atoms with van der Waals surface area (Å²) in [5.74, 6) is 0.758. The van der Waals surface area contributed by atoms with E-state index in [4.69, 9.17) is 5.73 Å². The molecule has 72 valence electrons. The monoisotopic (exact) mass is 206 g/mol. The van der Waals surface area contributed by atoms with Gasteiger partial charge in [0.2, 0.25) is 0 Å². The molecular formula is C9H10N4S. The summed E-state index contributed by atoms with van der Waals surface area (Å²) >= 11 is 1.63. The minimum atomic E-state index is 0.587. The molecule has 0 bridgehead atoms. The Balaban J connectivity index is 2.15. The molecule has 0 unspecified atom stereocenters. The van der Waals surface area contributed by atoms with Gasteiger partial charge in [0.1, 0.15) is 10.8 Å². The molecule has 14 heavy (non-hydrogen) atoms. The van der Waals surface area contributed by atoms with E-state index in [0.29, 0.717) is 12.1 Å². The first-order valence-electron chi connectivity index (χ1n) is 4.21. The van der Waals surface area contributed by atoms with Gasteiger partial charge in [-0.25, -0.2) is 15.0 Å². The Morgan fingerprint density at radius 3 is 2.64 bits per heavy atom. The molecule has 0 fully saturated rings. The fourth-order valence-electron chi connectivity index (χ4n) is 1.08. The van der Waals surface area contributed by atoms with Crippen molar-refractivity contribution in [2.24, 2.45) is 0 Å². The molecule has 2 N–H and O–H groups in total. The van der Waals surface area contributed by atoms with Crippen LogP contribution < -0.4 is 5.73 Å². The minimum Gasteiger partial charge on any atom is -0.396 e. The Labute approximate surface area is 85.9 Å². The average Bonchev–Trinajstić information content (AvgIpc) is 2.56. The minimum absolute atomic E-state index is 0.587. The number of thiazole rings is 1. The van der Waals surface area contributed by atoms with Crippen molar-refractivity contribution in [3.63, 3.8) is 0 Å². The summed E-state index contributed by atoms with van der Waals surface area (Å²) in [6.45, 7) is 1.98. The summed E-state index contributed by atoms with van der Waals surface area (Å²) in [6.07, 6.45) is 3.91. The van der Waals surface area contributed by atoms with Gasteiger partial charge in [-0.2, -0.15) is 0 Å². The fourth-order valence-corrected chi connectivity index (χ4v) is 1.84. The number of nitrogen functional groups attached to an aromatic ring is 1. The number of nitrogens with zero attached hydrogens (tertiary/aromatic N) is 3. The molecule has 0 saturated heterocycles. The van der Waals surface area contributed by atoms with Gasteiger partial charge in [-0.15, -0.1) is 11.3 Å². The lowest BCUT2D eigenvalue weighted by atomic mass is 10.4. The molecule has 0 aliphatic rings. The van der Waals surface area contributed by atoms with Crippen LogP contribution in [0.25, 0.3) is 0 Å². The largest absolute Gasteiger partial charge is 0.396 e. The molecule has 0 aliphatic heterocycles. The number of hydrogen-bond acceptors (Lipinski definition) is 5. The molecule has 0 aliphatic carbocycles. The zero-order valence-corrected chi connectivity index (χ0v) is 8.58. The molecule has 0 spiro atoms. The number of rotatable bonds is 2. The molecule has 0 amide bonds. The highest BCUT2D eigenvalue weighted by molar-refractivity contribution is 7.09. The number of nitrogens with two attached hydrogens (primary N) is 1. The molecule has 2 rings (SSSR count). The molecule has 0 radical (unpaired) electrons. The first-order valence-corrected chi connectivity index (χ1v) is 5.09. The van der Waals surface area contributed by atoms with E-state index >= 15 is 0 Å². The molecule has 2 heterocycles. The number of aromatic nitrogens is 3. The zero-order valence-electron chi connectivity index (χ0n) is 7.77. The van der Waals surface area contributed by atoms with Crippen LogP contribution in [0.3, 0.4) is 0 Å². The van der Waals surface area contributed by atoms with Gasteiger partial charge in [0.25, 0.3) is 0 Å². The Bertz CT molecular complexity index is 421. The van der Waals surface area contributed by atoms with E-state index in [1.54, 1.807) is 23.7 Å². The first kappa shape index (κ1) is 9.08. The van der Waals surface area contributed by atoms with Crippen LogP contribution in [0.1, 0.15) is 16.5 Å². The number of hydrogen-bond donors (Lipinski definition) is 1. The Morgan fingerprint density at radius 2 is 2.07 bits per heavy atom. The van der Waals surface area contributed by atoms with E-state index in [-0.39, 0.29) is 0 Å². The predicted octanol–water partition coefficient (Wildman–Crippen LogP) is 1.41. The van der Waals surface area contributed by atoms with Crippen LogP contribution in [0.5, 0.6) is 0 Å². The van der Waals surface area contributed by atoms with Crippen LogP contribution in [-0.2, 0) is 6.42 Å². The van der Waals surface area contributed by atoms with E-state index in [9.17, 15) is 0 Å². The van der Waals surface area contributed by atoms with Crippen molar-refractivity contribution in [1.29, 1.82) is 0 Å². The molecule has 4 nitrogen and oxygen atoms in total. The number of aryl methyl sites for hydroxylation is 1. The molecule has 0 aromatic carbocycles. The van der Waals surface area contributed by atoms with Crippen molar-refractivity contribution in [2.45, 2.75) is 13.3 Å². The van der Waals surface area contributed by atoms with Gasteiger partial charge >= 0.3 is 0 Å². The summed E-state index contributed by atoms with van der Waals surface area (Å²) in [6, 6.07) is 0. The quantitative estimate of drug-likeness (QED) is 0.807. The van der Waals surface area contributed by atoms with E-state index < -0.39 is 0 Å². The third-order valence-corrected chi connectivity index (χ3v) is 2.67. The second kappa shape index (κ2) is 3.71. The SMILES string of the molecule is Cc1csc(Cc2ncc(N)cn2)n1. The second-order valence-electron chi connectivity index (χ2n) is 2.99. The van der Waals surface area contributed by atoms with Gasteiger partial charge in [0.05, 0.1) is 24.5 Å². The van der Waals surface area contributed by atoms with Gasteiger partial charge in [-0.05, 0) is 6.92 Å². The Morgan fingerprint density at radius 1 is 1.36 bits per heavy atom. The maximum Gasteiger partial charge on any atom is 0.135 e. The van der Waals surface area contributed by atoms with E-state index in [1.807, 2.05) is 12.3 Å². The lowest BCUT2D eigenvalue weighted by Crippen LogP contribution is -1.97. The molecule has 0 saturated carbocycles. The van der Waals surface area contributed by atoms with Gasteiger partial charge < -0.3 is 5.73 Å². The smallest absolute Gasteiger partial charge is 0.135 e. The van der Waals surface area contributed by atoms with Crippen LogP contribution >= 0.6 is 11.3 Å². The zero-order chi connectivity index (χ0) is 9.97. The summed E-state index contributed by atoms with van der Waals surface area (Å²) in [5, 5.41) is 3.05. The lowest BCUT2D eigenvalue weighted by Gasteiger charge is -1.96. The van der Waals surface area contributed by atoms with Crippen molar-refractivity contribution >= 4 is 17.0 Å². The fraction of sp³-hybridized carbons (Fsp3) is 0.222. The second-order valence-corrected chi connectivity index (χ2v) is 3.93. The van der Waals surface area contributed by atoms with E-state index in [1.165, 1.54) is 0 Å². The van der Waals surface area contributed by atoms with E-state index in [2.05, 4.69) is 15.0 Å². The van der Waals surface area contributed by atoms with Crippen LogP contribution in [0.4, 0.5) is 5.69 Å². The maximum atomic E-state index is 5.49. The van der Waals surface area contributed by atoms with Crippen molar-refractivity contribution < 1.29 is 0 Å². The van der Waals surface area contributed by atoms with Crippen molar-refractivity contribution in [2.75, 3.05) is 5.73 Å². The van der Waals surface area contributed by atoms with E-state index in [0.717, 1.165) is 16.5 Å². The number of anilines is 1. The van der Waals surface area contributed by atoms with Crippen LogP contribution in [-0.4, -0.2) is 15.0 Å². The Hall–Kier alpha value is -1.49. The first-order chi connectivity index (χ1) is 6.74. The van der Waals surface area contributed by atoms with Crippen molar-refractivity contribution in [3.8, 4) is 0 Å². The van der Waals surface area contributed by atoms with Crippen LogP contribution in [0, 0.1) is 6.92 Å². The predicted molar refractivity (Wildman–Crippen MR) is 56.1 cm³/mol. The van der Waals surface area contributed by atoms with Crippen molar-refractivity contribution in [3.05, 3.63) is 34.3 Å². The van der Waals surface area contributed by atoms with Gasteiger partial charge in [-0.3, -0.25) is 0 Å². The third-order valence-electron chi connectivity index (χ3n) is 1.70.